The third-order valence-electron chi connectivity index (χ3n) is 7.59. The van der Waals surface area contributed by atoms with Gasteiger partial charge in [0.2, 0.25) is 0 Å². The number of imidazole rings is 1. The summed E-state index contributed by atoms with van der Waals surface area (Å²) in [7, 11) is 1.75. The summed E-state index contributed by atoms with van der Waals surface area (Å²) < 4.78 is 8.11. The summed E-state index contributed by atoms with van der Waals surface area (Å²) in [4.78, 5) is 7.96. The second-order valence-electron chi connectivity index (χ2n) is 10.6. The number of rotatable bonds is 14. The van der Waals surface area contributed by atoms with Crippen LogP contribution in [-0.2, 0) is 19.6 Å². The van der Waals surface area contributed by atoms with Crippen LogP contribution in [0.15, 0.2) is 72.8 Å². The molecule has 0 unspecified atom stereocenters. The summed E-state index contributed by atoms with van der Waals surface area (Å²) in [5.41, 5.74) is 8.62. The predicted octanol–water partition coefficient (Wildman–Crippen LogP) is 8.84. The van der Waals surface area contributed by atoms with Crippen LogP contribution in [0.1, 0.15) is 68.3 Å². The first kappa shape index (κ1) is 28.6. The Labute approximate surface area is 235 Å². The van der Waals surface area contributed by atoms with Crippen LogP contribution < -0.4 is 4.74 Å². The van der Waals surface area contributed by atoms with E-state index in [0.29, 0.717) is 0 Å². The summed E-state index contributed by atoms with van der Waals surface area (Å²) >= 11 is 0. The van der Waals surface area contributed by atoms with E-state index in [4.69, 9.17) is 9.72 Å². The first-order valence-electron chi connectivity index (χ1n) is 14.6. The van der Waals surface area contributed by atoms with E-state index in [9.17, 15) is 0 Å². The van der Waals surface area contributed by atoms with Crippen molar-refractivity contribution in [3.63, 3.8) is 0 Å². The van der Waals surface area contributed by atoms with E-state index in [1.165, 1.54) is 59.2 Å². The van der Waals surface area contributed by atoms with Gasteiger partial charge >= 0.3 is 0 Å². The standard InChI is InChI=1S/C35H45N3O/c1-6-8-16-22-38-32(26-37(21-9-7-2)25-31-23-28(4)33(39-5)24-27(31)3)34(29-17-12-10-13-18-29)36-35(38)30-19-14-11-15-20-30/h10-15,17-20,23-24H,6-9,16,21-22,25-26H2,1-5H3. The number of ether oxygens (including phenoxy) is 1. The number of aryl methyl sites for hydroxylation is 2. The number of hydrogen-bond donors (Lipinski definition) is 0. The zero-order valence-corrected chi connectivity index (χ0v) is 24.5. The van der Waals surface area contributed by atoms with Crippen LogP contribution in [-0.4, -0.2) is 28.1 Å². The van der Waals surface area contributed by atoms with Crippen molar-refractivity contribution >= 4 is 0 Å². The summed E-state index contributed by atoms with van der Waals surface area (Å²) in [6.45, 7) is 12.7. The molecule has 0 radical (unpaired) electrons. The maximum absolute atomic E-state index is 5.59. The fraction of sp³-hybridized carbons (Fsp3) is 0.400. The smallest absolute Gasteiger partial charge is 0.140 e. The Balaban J connectivity index is 1.80. The van der Waals surface area contributed by atoms with Gasteiger partial charge < -0.3 is 9.30 Å². The van der Waals surface area contributed by atoms with Gasteiger partial charge in [-0.25, -0.2) is 4.98 Å². The SMILES string of the molecule is CCCCCn1c(-c2ccccc2)nc(-c2ccccc2)c1CN(CCCC)Cc1cc(C)c(OC)cc1C. The predicted molar refractivity (Wildman–Crippen MR) is 164 cm³/mol. The third-order valence-corrected chi connectivity index (χ3v) is 7.59. The normalized spacial score (nSPS) is 11.3. The van der Waals surface area contributed by atoms with Crippen molar-refractivity contribution in [2.24, 2.45) is 0 Å². The summed E-state index contributed by atoms with van der Waals surface area (Å²) in [5, 5.41) is 0. The van der Waals surface area contributed by atoms with Gasteiger partial charge in [0.05, 0.1) is 18.5 Å². The second-order valence-corrected chi connectivity index (χ2v) is 10.6. The highest BCUT2D eigenvalue weighted by molar-refractivity contribution is 5.68. The Morgan fingerprint density at radius 3 is 2.08 bits per heavy atom. The Hall–Kier alpha value is -3.37. The maximum atomic E-state index is 5.59. The van der Waals surface area contributed by atoms with Crippen molar-refractivity contribution in [3.05, 3.63) is 95.2 Å². The highest BCUT2D eigenvalue weighted by Gasteiger charge is 2.22. The minimum Gasteiger partial charge on any atom is -0.496 e. The molecule has 0 fully saturated rings. The quantitative estimate of drug-likeness (QED) is 0.155. The molecule has 4 nitrogen and oxygen atoms in total. The molecule has 0 aliphatic carbocycles. The van der Waals surface area contributed by atoms with Gasteiger partial charge in [-0.15, -0.1) is 0 Å². The van der Waals surface area contributed by atoms with Crippen molar-refractivity contribution in [3.8, 4) is 28.4 Å². The average molecular weight is 524 g/mol. The monoisotopic (exact) mass is 523 g/mol. The molecule has 4 rings (SSSR count). The molecular formula is C35H45N3O. The van der Waals surface area contributed by atoms with E-state index >= 15 is 0 Å². The molecule has 206 valence electrons. The Morgan fingerprint density at radius 1 is 0.769 bits per heavy atom. The highest BCUT2D eigenvalue weighted by atomic mass is 16.5. The summed E-state index contributed by atoms with van der Waals surface area (Å²) in [6, 6.07) is 25.9. The van der Waals surface area contributed by atoms with Gasteiger partial charge in [0.1, 0.15) is 11.6 Å². The van der Waals surface area contributed by atoms with Crippen LogP contribution in [0.4, 0.5) is 0 Å². The van der Waals surface area contributed by atoms with Gasteiger partial charge in [0, 0.05) is 30.8 Å². The van der Waals surface area contributed by atoms with E-state index in [2.05, 4.69) is 110 Å². The van der Waals surface area contributed by atoms with Crippen molar-refractivity contribution < 1.29 is 4.74 Å². The topological polar surface area (TPSA) is 30.3 Å². The largest absolute Gasteiger partial charge is 0.496 e. The molecule has 0 saturated carbocycles. The van der Waals surface area contributed by atoms with Crippen LogP contribution in [0.2, 0.25) is 0 Å². The first-order valence-corrected chi connectivity index (χ1v) is 14.6. The molecule has 0 saturated heterocycles. The molecule has 0 amide bonds. The molecule has 0 spiro atoms. The van der Waals surface area contributed by atoms with Crippen LogP contribution in [0, 0.1) is 13.8 Å². The zero-order chi connectivity index (χ0) is 27.6. The van der Waals surface area contributed by atoms with E-state index < -0.39 is 0 Å². The lowest BCUT2D eigenvalue weighted by atomic mass is 10.0. The van der Waals surface area contributed by atoms with Crippen molar-refractivity contribution in [2.45, 2.75) is 79.4 Å². The summed E-state index contributed by atoms with van der Waals surface area (Å²) in [5.74, 6) is 2.04. The molecular weight excluding hydrogens is 478 g/mol. The van der Waals surface area contributed by atoms with Crippen LogP contribution in [0.25, 0.3) is 22.6 Å². The van der Waals surface area contributed by atoms with E-state index in [0.717, 1.165) is 49.9 Å². The minimum atomic E-state index is 0.862. The van der Waals surface area contributed by atoms with E-state index in [1.54, 1.807) is 7.11 Å². The zero-order valence-electron chi connectivity index (χ0n) is 24.5. The van der Waals surface area contributed by atoms with Gasteiger partial charge in [0.15, 0.2) is 0 Å². The number of hydrogen-bond acceptors (Lipinski definition) is 3. The highest BCUT2D eigenvalue weighted by Crippen LogP contribution is 2.32. The van der Waals surface area contributed by atoms with Gasteiger partial charge in [0.25, 0.3) is 0 Å². The van der Waals surface area contributed by atoms with E-state index in [1.807, 2.05) is 0 Å². The molecule has 1 heterocycles. The van der Waals surface area contributed by atoms with Crippen LogP contribution in [0.3, 0.4) is 0 Å². The van der Waals surface area contributed by atoms with Gasteiger partial charge in [-0.2, -0.15) is 0 Å². The van der Waals surface area contributed by atoms with Crippen LogP contribution >= 0.6 is 0 Å². The number of nitrogens with zero attached hydrogens (tertiary/aromatic N) is 3. The molecule has 0 N–H and O–H groups in total. The van der Waals surface area contributed by atoms with Crippen molar-refractivity contribution in [1.29, 1.82) is 0 Å². The lowest BCUT2D eigenvalue weighted by molar-refractivity contribution is 0.245. The molecule has 3 aromatic carbocycles. The second kappa shape index (κ2) is 14.1. The van der Waals surface area contributed by atoms with Crippen LogP contribution in [0.5, 0.6) is 5.75 Å². The van der Waals surface area contributed by atoms with Gasteiger partial charge in [-0.1, -0.05) is 99.8 Å². The van der Waals surface area contributed by atoms with Gasteiger partial charge in [-0.05, 0) is 56.0 Å². The Bertz CT molecular complexity index is 1310. The van der Waals surface area contributed by atoms with Crippen molar-refractivity contribution in [1.82, 2.24) is 14.5 Å². The molecule has 0 aliphatic heterocycles. The fourth-order valence-electron chi connectivity index (χ4n) is 5.33. The Morgan fingerprint density at radius 2 is 1.44 bits per heavy atom. The molecule has 4 heteroatoms. The molecule has 4 aromatic rings. The summed E-state index contributed by atoms with van der Waals surface area (Å²) in [6.07, 6.45) is 5.92. The number of unbranched alkanes of at least 4 members (excludes halogenated alkanes) is 3. The molecule has 0 aliphatic rings. The van der Waals surface area contributed by atoms with Crippen molar-refractivity contribution in [2.75, 3.05) is 13.7 Å². The molecule has 1 aromatic heterocycles. The first-order chi connectivity index (χ1) is 19.0. The lowest BCUT2D eigenvalue weighted by Gasteiger charge is -2.25. The average Bonchev–Trinajstić information content (AvgIpc) is 3.32. The minimum absolute atomic E-state index is 0.862. The molecule has 39 heavy (non-hydrogen) atoms. The maximum Gasteiger partial charge on any atom is 0.140 e. The fourth-order valence-corrected chi connectivity index (χ4v) is 5.33. The number of methoxy groups -OCH3 is 1. The van der Waals surface area contributed by atoms with E-state index in [-0.39, 0.29) is 0 Å². The molecule has 0 atom stereocenters. The van der Waals surface area contributed by atoms with Gasteiger partial charge in [-0.3, -0.25) is 4.90 Å². The lowest BCUT2D eigenvalue weighted by Crippen LogP contribution is -2.26. The third kappa shape index (κ3) is 7.19. The molecule has 0 bridgehead atoms. The number of aromatic nitrogens is 2. The number of benzene rings is 3. The Kier molecular flexibility index (Phi) is 10.4.